The molecule has 0 aliphatic carbocycles. The van der Waals surface area contributed by atoms with Crippen LogP contribution in [-0.4, -0.2) is 49.7 Å². The van der Waals surface area contributed by atoms with E-state index in [-0.39, 0.29) is 23.2 Å². The second-order valence-electron chi connectivity index (χ2n) is 6.36. The molecule has 0 bridgehead atoms. The van der Waals surface area contributed by atoms with Crippen LogP contribution in [0.2, 0.25) is 0 Å². The van der Waals surface area contributed by atoms with Crippen molar-refractivity contribution in [2.24, 2.45) is 0 Å². The van der Waals surface area contributed by atoms with Crippen molar-refractivity contribution in [3.63, 3.8) is 0 Å². The van der Waals surface area contributed by atoms with E-state index in [2.05, 4.69) is 10.2 Å². The highest BCUT2D eigenvalue weighted by Crippen LogP contribution is 2.41. The van der Waals surface area contributed by atoms with Gasteiger partial charge >= 0.3 is 0 Å². The maximum Gasteiger partial charge on any atom is 0.220 e. The molecule has 0 unspecified atom stereocenters. The molecule has 1 aromatic rings. The third-order valence-electron chi connectivity index (χ3n) is 4.92. The average Bonchev–Trinajstić information content (AvgIpc) is 2.83. The van der Waals surface area contributed by atoms with Gasteiger partial charge in [-0.3, -0.25) is 9.69 Å². The zero-order valence-corrected chi connectivity index (χ0v) is 13.0. The molecule has 1 N–H and O–H groups in total. The van der Waals surface area contributed by atoms with Crippen LogP contribution < -0.4 is 5.32 Å². The number of amides is 1. The van der Waals surface area contributed by atoms with Crippen LogP contribution in [0.1, 0.15) is 30.7 Å². The second-order valence-corrected chi connectivity index (χ2v) is 6.36. The minimum absolute atomic E-state index is 0.00481. The lowest BCUT2D eigenvalue weighted by Gasteiger charge is -2.39. The molecule has 3 rings (SSSR count). The molecular formula is C17H23FN2O2. The molecule has 2 atom stereocenters. The number of likely N-dealkylation sites (tertiary alicyclic amines) is 1. The Morgan fingerprint density at radius 2 is 2.27 bits per heavy atom. The Morgan fingerprint density at radius 3 is 3.00 bits per heavy atom. The van der Waals surface area contributed by atoms with Gasteiger partial charge in [0.1, 0.15) is 5.82 Å². The Hall–Kier alpha value is -1.46. The quantitative estimate of drug-likeness (QED) is 0.924. The lowest BCUT2D eigenvalue weighted by Crippen LogP contribution is -2.56. The van der Waals surface area contributed by atoms with Gasteiger partial charge in [-0.25, -0.2) is 4.39 Å². The minimum Gasteiger partial charge on any atom is -0.383 e. The first-order valence-electron chi connectivity index (χ1n) is 7.91. The Morgan fingerprint density at radius 1 is 1.45 bits per heavy atom. The zero-order chi connectivity index (χ0) is 15.6. The Labute approximate surface area is 130 Å². The van der Waals surface area contributed by atoms with E-state index in [1.165, 1.54) is 6.07 Å². The van der Waals surface area contributed by atoms with E-state index in [4.69, 9.17) is 4.74 Å². The number of nitrogens with one attached hydrogen (secondary N) is 1. The molecule has 1 spiro atoms. The van der Waals surface area contributed by atoms with Crippen LogP contribution in [0, 0.1) is 5.82 Å². The van der Waals surface area contributed by atoms with E-state index in [1.807, 2.05) is 12.1 Å². The number of benzene rings is 1. The van der Waals surface area contributed by atoms with Gasteiger partial charge in [-0.1, -0.05) is 18.2 Å². The summed E-state index contributed by atoms with van der Waals surface area (Å²) in [7, 11) is 1.68. The summed E-state index contributed by atoms with van der Waals surface area (Å²) in [6.07, 6.45) is 2.35. The molecule has 2 fully saturated rings. The molecule has 1 amide bonds. The maximum absolute atomic E-state index is 14.3. The van der Waals surface area contributed by atoms with Crippen molar-refractivity contribution < 1.29 is 13.9 Å². The predicted molar refractivity (Wildman–Crippen MR) is 82.2 cm³/mol. The first-order valence-corrected chi connectivity index (χ1v) is 7.91. The summed E-state index contributed by atoms with van der Waals surface area (Å²) < 4.78 is 19.5. The summed E-state index contributed by atoms with van der Waals surface area (Å²) in [5.74, 6) is -0.101. The zero-order valence-electron chi connectivity index (χ0n) is 13.0. The van der Waals surface area contributed by atoms with E-state index in [1.54, 1.807) is 13.2 Å². The smallest absolute Gasteiger partial charge is 0.220 e. The molecule has 4 nitrogen and oxygen atoms in total. The van der Waals surface area contributed by atoms with Gasteiger partial charge in [0.2, 0.25) is 5.91 Å². The number of ether oxygens (including phenoxy) is 1. The normalized spacial score (nSPS) is 29.0. The number of rotatable bonds is 4. The predicted octanol–water partition coefficient (Wildman–Crippen LogP) is 1.91. The molecule has 120 valence electrons. The molecule has 0 aromatic heterocycles. The first-order chi connectivity index (χ1) is 10.6. The van der Waals surface area contributed by atoms with Gasteiger partial charge in [-0.05, 0) is 24.5 Å². The van der Waals surface area contributed by atoms with Crippen molar-refractivity contribution in [3.8, 4) is 0 Å². The van der Waals surface area contributed by atoms with Crippen molar-refractivity contribution in [2.45, 2.75) is 30.7 Å². The van der Waals surface area contributed by atoms with Gasteiger partial charge in [0.05, 0.1) is 12.1 Å². The Bertz CT molecular complexity index is 551. The number of methoxy groups -OCH3 is 1. The summed E-state index contributed by atoms with van der Waals surface area (Å²) in [5.41, 5.74) is 0.371. The number of hydrogen-bond donors (Lipinski definition) is 1. The number of nitrogens with zero attached hydrogens (tertiary/aromatic N) is 1. The molecule has 0 saturated carbocycles. The monoisotopic (exact) mass is 306 g/mol. The van der Waals surface area contributed by atoms with E-state index < -0.39 is 0 Å². The number of piperidine rings is 1. The molecule has 2 saturated heterocycles. The van der Waals surface area contributed by atoms with Crippen molar-refractivity contribution in [2.75, 3.05) is 33.4 Å². The maximum atomic E-state index is 14.3. The molecular weight excluding hydrogens is 283 g/mol. The fourth-order valence-corrected chi connectivity index (χ4v) is 3.90. The number of carbonyl (C=O) groups is 1. The highest BCUT2D eigenvalue weighted by molar-refractivity contribution is 5.78. The number of halogens is 1. The van der Waals surface area contributed by atoms with Gasteiger partial charge in [0.15, 0.2) is 0 Å². The fraction of sp³-hybridized carbons (Fsp3) is 0.588. The van der Waals surface area contributed by atoms with Crippen LogP contribution in [0.4, 0.5) is 4.39 Å². The van der Waals surface area contributed by atoms with Gasteiger partial charge in [-0.2, -0.15) is 0 Å². The number of carbonyl (C=O) groups excluding carboxylic acids is 1. The molecule has 2 heterocycles. The highest BCUT2D eigenvalue weighted by atomic mass is 19.1. The molecule has 1 aromatic carbocycles. The highest BCUT2D eigenvalue weighted by Gasteiger charge is 2.49. The molecule has 0 radical (unpaired) electrons. The van der Waals surface area contributed by atoms with Crippen LogP contribution in [0.25, 0.3) is 0 Å². The van der Waals surface area contributed by atoms with Crippen LogP contribution in [0.15, 0.2) is 24.3 Å². The van der Waals surface area contributed by atoms with Crippen molar-refractivity contribution in [1.29, 1.82) is 0 Å². The largest absolute Gasteiger partial charge is 0.383 e. The summed E-state index contributed by atoms with van der Waals surface area (Å²) in [6.45, 7) is 2.97. The van der Waals surface area contributed by atoms with Gasteiger partial charge in [-0.15, -0.1) is 0 Å². The second kappa shape index (κ2) is 6.34. The van der Waals surface area contributed by atoms with Crippen LogP contribution >= 0.6 is 0 Å². The molecule has 2 aliphatic heterocycles. The standard InChI is InChI=1S/C17H23FN2O2/c1-22-10-9-20-11-14(13-5-2-3-6-15(13)18)17(12-20)8-4-7-16(21)19-17/h2-3,5-6,14H,4,7-12H2,1H3,(H,19,21)/t14-,17+/m0/s1. The van der Waals surface area contributed by atoms with E-state index in [9.17, 15) is 9.18 Å². The van der Waals surface area contributed by atoms with Crippen molar-refractivity contribution in [1.82, 2.24) is 10.2 Å². The van der Waals surface area contributed by atoms with Gasteiger partial charge in [0, 0.05) is 39.1 Å². The Balaban J connectivity index is 1.90. The lowest BCUT2D eigenvalue weighted by atomic mass is 9.76. The number of hydrogen-bond acceptors (Lipinski definition) is 3. The first kappa shape index (κ1) is 15.4. The average molecular weight is 306 g/mol. The molecule has 5 heteroatoms. The third-order valence-corrected chi connectivity index (χ3v) is 4.92. The summed E-state index contributed by atoms with van der Waals surface area (Å²) in [6, 6.07) is 6.94. The summed E-state index contributed by atoms with van der Waals surface area (Å²) in [5, 5.41) is 3.19. The topological polar surface area (TPSA) is 41.6 Å². The third kappa shape index (κ3) is 2.88. The fourth-order valence-electron chi connectivity index (χ4n) is 3.90. The van der Waals surface area contributed by atoms with Crippen LogP contribution in [0.3, 0.4) is 0 Å². The summed E-state index contributed by atoms with van der Waals surface area (Å²) in [4.78, 5) is 14.2. The molecule has 2 aliphatic rings. The molecule has 22 heavy (non-hydrogen) atoms. The van der Waals surface area contributed by atoms with Gasteiger partial charge < -0.3 is 10.1 Å². The Kier molecular flexibility index (Phi) is 4.45. The SMILES string of the molecule is COCCN1C[C@@H](c2ccccc2F)[C@@]2(CCCC(=O)N2)C1. The minimum atomic E-state index is -0.342. The summed E-state index contributed by atoms with van der Waals surface area (Å²) >= 11 is 0. The van der Waals surface area contributed by atoms with Crippen molar-refractivity contribution in [3.05, 3.63) is 35.6 Å². The van der Waals surface area contributed by atoms with Crippen LogP contribution in [-0.2, 0) is 9.53 Å². The van der Waals surface area contributed by atoms with Crippen molar-refractivity contribution >= 4 is 5.91 Å². The lowest BCUT2D eigenvalue weighted by molar-refractivity contribution is -0.125. The van der Waals surface area contributed by atoms with E-state index in [0.717, 1.165) is 32.5 Å². The van der Waals surface area contributed by atoms with E-state index >= 15 is 0 Å². The van der Waals surface area contributed by atoms with Gasteiger partial charge in [0.25, 0.3) is 0 Å². The van der Waals surface area contributed by atoms with Crippen LogP contribution in [0.5, 0.6) is 0 Å². The van der Waals surface area contributed by atoms with E-state index in [0.29, 0.717) is 18.6 Å².